The number of aryl methyl sites for hydroxylation is 1. The van der Waals surface area contributed by atoms with Crippen LogP contribution < -0.4 is 5.56 Å². The van der Waals surface area contributed by atoms with Crippen LogP contribution in [0.2, 0.25) is 5.02 Å². The van der Waals surface area contributed by atoms with Crippen LogP contribution in [0.4, 0.5) is 4.39 Å². The van der Waals surface area contributed by atoms with Gasteiger partial charge in [-0.05, 0) is 42.8 Å². The van der Waals surface area contributed by atoms with E-state index in [0.29, 0.717) is 27.1 Å². The van der Waals surface area contributed by atoms with Gasteiger partial charge in [0.25, 0.3) is 5.56 Å². The van der Waals surface area contributed by atoms with Gasteiger partial charge in [0.1, 0.15) is 5.69 Å². The van der Waals surface area contributed by atoms with Crippen LogP contribution >= 0.6 is 11.6 Å². The highest BCUT2D eigenvalue weighted by Crippen LogP contribution is 2.26. The average molecular weight is 381 g/mol. The molecule has 2 heterocycles. The first-order valence-electron chi connectivity index (χ1n) is 8.86. The second kappa shape index (κ2) is 6.93. The molecule has 0 amide bonds. The molecule has 4 rings (SSSR count). The molecule has 4 nitrogen and oxygen atoms in total. The molecule has 0 aliphatic rings. The van der Waals surface area contributed by atoms with Crippen molar-refractivity contribution in [1.29, 1.82) is 0 Å². The van der Waals surface area contributed by atoms with E-state index in [-0.39, 0.29) is 11.3 Å². The van der Waals surface area contributed by atoms with E-state index >= 15 is 0 Å². The largest absolute Gasteiger partial charge is 0.274 e. The third kappa shape index (κ3) is 3.34. The van der Waals surface area contributed by atoms with E-state index < -0.39 is 18.0 Å². The Kier molecular flexibility index (Phi) is 4.14. The summed E-state index contributed by atoms with van der Waals surface area (Å²) in [6, 6.07) is 16.7. The Bertz CT molecular complexity index is 1240. The minimum atomic E-state index is -1.10. The number of aromatic nitrogens is 3. The summed E-state index contributed by atoms with van der Waals surface area (Å²) in [5, 5.41) is 5.77. The molecule has 0 radical (unpaired) electrons. The predicted octanol–water partition coefficient (Wildman–Crippen LogP) is 4.61. The Labute approximate surface area is 161 Å². The maximum atomic E-state index is 14.6. The van der Waals surface area contributed by atoms with Crippen molar-refractivity contribution in [3.63, 3.8) is 0 Å². The zero-order valence-electron chi connectivity index (χ0n) is 15.4. The first-order chi connectivity index (χ1) is 13.5. The lowest BCUT2D eigenvalue weighted by atomic mass is 10.1. The van der Waals surface area contributed by atoms with E-state index in [2.05, 4.69) is 10.1 Å². The average Bonchev–Trinajstić information content (AvgIpc) is 2.69. The van der Waals surface area contributed by atoms with Gasteiger partial charge in [-0.1, -0.05) is 41.9 Å². The van der Waals surface area contributed by atoms with Gasteiger partial charge in [-0.3, -0.25) is 4.79 Å². The van der Waals surface area contributed by atoms with Crippen molar-refractivity contribution in [2.24, 2.45) is 0 Å². The Morgan fingerprint density at radius 3 is 2.48 bits per heavy atom. The molecule has 0 saturated heterocycles. The van der Waals surface area contributed by atoms with Gasteiger partial charge in [0, 0.05) is 16.1 Å². The highest BCUT2D eigenvalue weighted by atomic mass is 35.5. The van der Waals surface area contributed by atoms with Crippen LogP contribution in [0, 0.1) is 12.9 Å². The van der Waals surface area contributed by atoms with E-state index in [1.54, 1.807) is 67.6 Å². The number of hydrogen-bond acceptors (Lipinski definition) is 3. The maximum Gasteiger partial charge on any atom is 0.274 e. The van der Waals surface area contributed by atoms with Crippen LogP contribution in [0.25, 0.3) is 22.0 Å². The van der Waals surface area contributed by atoms with E-state index in [0.717, 1.165) is 4.68 Å². The fraction of sp³-hybridized carbons (Fsp3) is 0.0952. The molecular formula is C21H15ClFN3O. The molecule has 1 atom stereocenters. The molecule has 6 heteroatoms. The fourth-order valence-electron chi connectivity index (χ4n) is 2.88. The van der Waals surface area contributed by atoms with Gasteiger partial charge in [-0.25, -0.2) is 9.67 Å². The molecule has 4 aromatic rings. The van der Waals surface area contributed by atoms with E-state index in [1.165, 1.54) is 0 Å². The number of hydrogen-bond donors (Lipinski definition) is 0. The lowest BCUT2D eigenvalue weighted by Crippen LogP contribution is -2.24. The second-order valence-electron chi connectivity index (χ2n) is 6.12. The number of benzene rings is 2. The second-order valence-corrected chi connectivity index (χ2v) is 6.55. The smallest absolute Gasteiger partial charge is 0.267 e. The molecule has 1 unspecified atom stereocenters. The fourth-order valence-corrected chi connectivity index (χ4v) is 3.01. The standard InChI is InChI=1S/C21H15ClFN3O/c1-13-6-11-18(20(23)24-13)19-16-4-2-3-5-17(16)21(27)26(25-19)12-14-7-9-15(22)10-8-14/h2-11H,12H2,1H3/i12D. The van der Waals surface area contributed by atoms with E-state index in [9.17, 15) is 9.18 Å². The quantitative estimate of drug-likeness (QED) is 0.488. The summed E-state index contributed by atoms with van der Waals surface area (Å²) in [5.41, 5.74) is 1.11. The van der Waals surface area contributed by atoms with Crippen LogP contribution in [-0.2, 0) is 6.52 Å². The zero-order chi connectivity index (χ0) is 19.8. The summed E-state index contributed by atoms with van der Waals surface area (Å²) >= 11 is 5.91. The van der Waals surface area contributed by atoms with Crippen molar-refractivity contribution in [1.82, 2.24) is 14.8 Å². The normalized spacial score (nSPS) is 12.8. The molecule has 0 saturated carbocycles. The highest BCUT2D eigenvalue weighted by Gasteiger charge is 2.16. The first-order valence-corrected chi connectivity index (χ1v) is 8.66. The molecule has 0 aliphatic heterocycles. The number of nitrogens with zero attached hydrogens (tertiary/aromatic N) is 3. The van der Waals surface area contributed by atoms with Gasteiger partial charge in [0.05, 0.1) is 18.8 Å². The summed E-state index contributed by atoms with van der Waals surface area (Å²) in [7, 11) is 0. The SMILES string of the molecule is [2H]C(c1ccc(Cl)cc1)n1nc(-c2ccc(C)nc2F)c2ccccc2c1=O. The monoisotopic (exact) mass is 380 g/mol. The summed E-state index contributed by atoms with van der Waals surface area (Å²) in [6.07, 6.45) is 0. The molecule has 134 valence electrons. The minimum Gasteiger partial charge on any atom is -0.267 e. The highest BCUT2D eigenvalue weighted by molar-refractivity contribution is 6.30. The van der Waals surface area contributed by atoms with Crippen LogP contribution in [-0.4, -0.2) is 14.8 Å². The van der Waals surface area contributed by atoms with E-state index in [4.69, 9.17) is 13.0 Å². The Hall–Kier alpha value is -3.05. The van der Waals surface area contributed by atoms with Crippen molar-refractivity contribution < 1.29 is 5.76 Å². The first kappa shape index (κ1) is 16.1. The van der Waals surface area contributed by atoms with Crippen molar-refractivity contribution in [2.45, 2.75) is 13.4 Å². The Morgan fingerprint density at radius 1 is 1.07 bits per heavy atom. The minimum absolute atomic E-state index is 0.179. The molecule has 0 bridgehead atoms. The van der Waals surface area contributed by atoms with Crippen molar-refractivity contribution in [3.8, 4) is 11.3 Å². The van der Waals surface area contributed by atoms with Crippen LogP contribution in [0.3, 0.4) is 0 Å². The maximum absolute atomic E-state index is 14.6. The number of pyridine rings is 1. The van der Waals surface area contributed by atoms with Gasteiger partial charge in [-0.2, -0.15) is 9.49 Å². The van der Waals surface area contributed by atoms with Gasteiger partial charge < -0.3 is 0 Å². The third-order valence-electron chi connectivity index (χ3n) is 4.21. The van der Waals surface area contributed by atoms with Crippen LogP contribution in [0.15, 0.2) is 65.5 Å². The summed E-state index contributed by atoms with van der Waals surface area (Å²) in [5.74, 6) is -0.670. The molecule has 2 aromatic heterocycles. The van der Waals surface area contributed by atoms with Gasteiger partial charge in [-0.15, -0.1) is 0 Å². The van der Waals surface area contributed by atoms with Gasteiger partial charge >= 0.3 is 0 Å². The lowest BCUT2D eigenvalue weighted by molar-refractivity contribution is 0.581. The molecule has 0 spiro atoms. The molecule has 0 aliphatic carbocycles. The van der Waals surface area contributed by atoms with Gasteiger partial charge in [0.15, 0.2) is 0 Å². The number of rotatable bonds is 3. The van der Waals surface area contributed by atoms with Gasteiger partial charge in [0.2, 0.25) is 5.95 Å². The molecule has 0 N–H and O–H groups in total. The van der Waals surface area contributed by atoms with E-state index in [1.807, 2.05) is 0 Å². The summed E-state index contributed by atoms with van der Waals surface area (Å²) in [6.45, 7) is 0.592. The van der Waals surface area contributed by atoms with Crippen molar-refractivity contribution >= 4 is 22.4 Å². The molecule has 2 aromatic carbocycles. The van der Waals surface area contributed by atoms with Crippen LogP contribution in [0.1, 0.15) is 12.6 Å². The predicted molar refractivity (Wildman–Crippen MR) is 104 cm³/mol. The lowest BCUT2D eigenvalue weighted by Gasteiger charge is -2.12. The third-order valence-corrected chi connectivity index (χ3v) is 4.46. The summed E-state index contributed by atoms with van der Waals surface area (Å²) < 4.78 is 24.2. The zero-order valence-corrected chi connectivity index (χ0v) is 15.1. The summed E-state index contributed by atoms with van der Waals surface area (Å²) in [4.78, 5) is 16.8. The molecule has 27 heavy (non-hydrogen) atoms. The molecular weight excluding hydrogens is 365 g/mol. The van der Waals surface area contributed by atoms with Crippen molar-refractivity contribution in [3.05, 3.63) is 93.2 Å². The Balaban J connectivity index is 1.99. The topological polar surface area (TPSA) is 47.8 Å². The Morgan fingerprint density at radius 2 is 1.78 bits per heavy atom. The number of halogens is 2. The van der Waals surface area contributed by atoms with Crippen LogP contribution in [0.5, 0.6) is 0 Å². The molecule has 0 fully saturated rings. The number of fused-ring (bicyclic) bond motifs is 1. The van der Waals surface area contributed by atoms with Crippen molar-refractivity contribution in [2.75, 3.05) is 0 Å².